The van der Waals surface area contributed by atoms with Crippen molar-refractivity contribution in [3.05, 3.63) is 65.2 Å². The predicted octanol–water partition coefficient (Wildman–Crippen LogP) is 1.87. The van der Waals surface area contributed by atoms with Crippen LogP contribution in [0.2, 0.25) is 0 Å². The smallest absolute Gasteiger partial charge is 0.335 e. The number of carboxylic acid groups (broad SMARTS) is 1. The molecular formula is C20H22N2O5. The average molecular weight is 370 g/mol. The molecule has 7 heteroatoms. The summed E-state index contributed by atoms with van der Waals surface area (Å²) in [5, 5.41) is 14.6. The van der Waals surface area contributed by atoms with Gasteiger partial charge >= 0.3 is 5.97 Å². The zero-order chi connectivity index (χ0) is 19.6. The van der Waals surface area contributed by atoms with Crippen molar-refractivity contribution < 1.29 is 24.2 Å². The molecule has 0 saturated heterocycles. The Morgan fingerprint density at radius 2 is 1.63 bits per heavy atom. The lowest BCUT2D eigenvalue weighted by atomic mass is 10.0. The van der Waals surface area contributed by atoms with Crippen LogP contribution in [-0.4, -0.2) is 43.1 Å². The van der Waals surface area contributed by atoms with Crippen LogP contribution in [-0.2, 0) is 11.2 Å². The molecular weight excluding hydrogens is 348 g/mol. The number of aromatic carboxylic acids is 1. The van der Waals surface area contributed by atoms with E-state index in [0.29, 0.717) is 36.4 Å². The highest BCUT2D eigenvalue weighted by molar-refractivity contribution is 5.94. The van der Waals surface area contributed by atoms with Crippen molar-refractivity contribution in [3.63, 3.8) is 0 Å². The zero-order valence-electron chi connectivity index (χ0n) is 15.0. The highest BCUT2D eigenvalue weighted by atomic mass is 16.5. The van der Waals surface area contributed by atoms with Gasteiger partial charge in [0.2, 0.25) is 5.91 Å². The largest absolute Gasteiger partial charge is 0.497 e. The maximum absolute atomic E-state index is 12.0. The van der Waals surface area contributed by atoms with Crippen molar-refractivity contribution in [2.75, 3.05) is 20.2 Å². The Morgan fingerprint density at radius 1 is 0.963 bits per heavy atom. The van der Waals surface area contributed by atoms with E-state index in [2.05, 4.69) is 10.6 Å². The Morgan fingerprint density at radius 3 is 2.30 bits per heavy atom. The molecule has 0 fully saturated rings. The Labute approximate surface area is 157 Å². The molecule has 7 nitrogen and oxygen atoms in total. The first-order valence-electron chi connectivity index (χ1n) is 8.51. The topological polar surface area (TPSA) is 105 Å². The van der Waals surface area contributed by atoms with Gasteiger partial charge in [0.15, 0.2) is 0 Å². The maximum Gasteiger partial charge on any atom is 0.335 e. The molecule has 2 amide bonds. The van der Waals surface area contributed by atoms with Gasteiger partial charge in [-0.1, -0.05) is 18.2 Å². The van der Waals surface area contributed by atoms with Crippen LogP contribution in [0.15, 0.2) is 48.5 Å². The van der Waals surface area contributed by atoms with Crippen molar-refractivity contribution in [1.29, 1.82) is 0 Å². The molecule has 0 heterocycles. The van der Waals surface area contributed by atoms with Crippen LogP contribution in [0, 0.1) is 0 Å². The minimum atomic E-state index is -1.01. The summed E-state index contributed by atoms with van der Waals surface area (Å²) in [5.74, 6) is -0.772. The van der Waals surface area contributed by atoms with E-state index in [1.807, 2.05) is 0 Å². The molecule has 0 aromatic heterocycles. The van der Waals surface area contributed by atoms with Gasteiger partial charge in [-0.2, -0.15) is 0 Å². The number of nitrogens with one attached hydrogen (secondary N) is 2. The van der Waals surface area contributed by atoms with Gasteiger partial charge in [-0.15, -0.1) is 0 Å². The summed E-state index contributed by atoms with van der Waals surface area (Å²) in [6.07, 6.45) is 0.517. The Bertz CT molecular complexity index is 802. The third kappa shape index (κ3) is 6.14. The lowest BCUT2D eigenvalue weighted by molar-refractivity contribution is -0.121. The van der Waals surface area contributed by atoms with E-state index < -0.39 is 5.97 Å². The van der Waals surface area contributed by atoms with Crippen LogP contribution >= 0.6 is 0 Å². The molecule has 0 spiro atoms. The SMILES string of the molecule is COc1ccc(C(=O)NCCNC(=O)CCc2ccccc2C(=O)O)cc1. The second-order valence-corrected chi connectivity index (χ2v) is 5.80. The van der Waals surface area contributed by atoms with Crippen molar-refractivity contribution in [2.24, 2.45) is 0 Å². The molecule has 0 atom stereocenters. The quantitative estimate of drug-likeness (QED) is 0.585. The zero-order valence-corrected chi connectivity index (χ0v) is 15.0. The van der Waals surface area contributed by atoms with E-state index >= 15 is 0 Å². The van der Waals surface area contributed by atoms with Gasteiger partial charge in [-0.25, -0.2) is 4.79 Å². The van der Waals surface area contributed by atoms with E-state index in [1.54, 1.807) is 49.6 Å². The second kappa shape index (κ2) is 9.96. The number of aryl methyl sites for hydroxylation is 1. The fraction of sp³-hybridized carbons (Fsp3) is 0.250. The molecule has 27 heavy (non-hydrogen) atoms. The highest BCUT2D eigenvalue weighted by Gasteiger charge is 2.10. The minimum Gasteiger partial charge on any atom is -0.497 e. The standard InChI is InChI=1S/C20H22N2O5/c1-27-16-9-6-15(7-10-16)19(24)22-13-12-21-18(23)11-8-14-4-2-3-5-17(14)20(25)26/h2-7,9-10H,8,11-13H2,1H3,(H,21,23)(H,22,24)(H,25,26). The third-order valence-electron chi connectivity index (χ3n) is 3.95. The first-order chi connectivity index (χ1) is 13.0. The van der Waals surface area contributed by atoms with Gasteiger partial charge in [0, 0.05) is 25.1 Å². The molecule has 0 aliphatic heterocycles. The summed E-state index contributed by atoms with van der Waals surface area (Å²) < 4.78 is 5.04. The number of hydrogen-bond donors (Lipinski definition) is 3. The third-order valence-corrected chi connectivity index (χ3v) is 3.95. The van der Waals surface area contributed by atoms with Crippen LogP contribution in [0.5, 0.6) is 5.75 Å². The molecule has 0 aliphatic carbocycles. The normalized spacial score (nSPS) is 10.1. The van der Waals surface area contributed by atoms with Crippen molar-refractivity contribution in [3.8, 4) is 5.75 Å². The highest BCUT2D eigenvalue weighted by Crippen LogP contribution is 2.12. The molecule has 2 rings (SSSR count). The van der Waals surface area contributed by atoms with Gasteiger partial charge in [-0.05, 0) is 42.3 Å². The van der Waals surface area contributed by atoms with Crippen molar-refractivity contribution >= 4 is 17.8 Å². The van der Waals surface area contributed by atoms with E-state index in [1.165, 1.54) is 6.07 Å². The van der Waals surface area contributed by atoms with Crippen LogP contribution in [0.3, 0.4) is 0 Å². The molecule has 2 aromatic carbocycles. The van der Waals surface area contributed by atoms with Gasteiger partial charge in [-0.3, -0.25) is 9.59 Å². The van der Waals surface area contributed by atoms with E-state index in [4.69, 9.17) is 9.84 Å². The van der Waals surface area contributed by atoms with Crippen molar-refractivity contribution in [2.45, 2.75) is 12.8 Å². The molecule has 3 N–H and O–H groups in total. The van der Waals surface area contributed by atoms with Crippen LogP contribution in [0.4, 0.5) is 0 Å². The minimum absolute atomic E-state index is 0.177. The molecule has 0 unspecified atom stereocenters. The Hall–Kier alpha value is -3.35. The number of benzene rings is 2. The number of methoxy groups -OCH3 is 1. The van der Waals surface area contributed by atoms with Crippen LogP contribution in [0.25, 0.3) is 0 Å². The monoisotopic (exact) mass is 370 g/mol. The van der Waals surface area contributed by atoms with Crippen molar-refractivity contribution in [1.82, 2.24) is 10.6 Å². The average Bonchev–Trinajstić information content (AvgIpc) is 2.69. The number of carbonyl (C=O) groups is 3. The van der Waals surface area contributed by atoms with Crippen LogP contribution in [0.1, 0.15) is 32.7 Å². The summed E-state index contributed by atoms with van der Waals surface area (Å²) in [6, 6.07) is 13.3. The van der Waals surface area contributed by atoms with E-state index in [-0.39, 0.29) is 23.8 Å². The summed E-state index contributed by atoms with van der Waals surface area (Å²) >= 11 is 0. The maximum atomic E-state index is 12.0. The number of carbonyl (C=O) groups excluding carboxylic acids is 2. The van der Waals surface area contributed by atoms with Gasteiger partial charge < -0.3 is 20.5 Å². The first kappa shape index (κ1) is 20.0. The first-order valence-corrected chi connectivity index (χ1v) is 8.51. The number of ether oxygens (including phenoxy) is 1. The fourth-order valence-corrected chi connectivity index (χ4v) is 2.51. The summed E-state index contributed by atoms with van der Waals surface area (Å²) in [7, 11) is 1.55. The number of carboxylic acids is 1. The summed E-state index contributed by atoms with van der Waals surface area (Å²) in [5.41, 5.74) is 1.33. The Kier molecular flexibility index (Phi) is 7.37. The predicted molar refractivity (Wildman–Crippen MR) is 100 cm³/mol. The second-order valence-electron chi connectivity index (χ2n) is 5.80. The summed E-state index contributed by atoms with van der Waals surface area (Å²) in [4.78, 5) is 35.0. The molecule has 2 aromatic rings. The molecule has 0 aliphatic rings. The number of amides is 2. The summed E-state index contributed by atoms with van der Waals surface area (Å²) in [6.45, 7) is 0.587. The Balaban J connectivity index is 1.70. The molecule has 0 radical (unpaired) electrons. The molecule has 142 valence electrons. The lowest BCUT2D eigenvalue weighted by Gasteiger charge is -2.09. The van der Waals surface area contributed by atoms with Gasteiger partial charge in [0.05, 0.1) is 12.7 Å². The molecule has 0 bridgehead atoms. The van der Waals surface area contributed by atoms with E-state index in [0.717, 1.165) is 0 Å². The van der Waals surface area contributed by atoms with Gasteiger partial charge in [0.25, 0.3) is 5.91 Å². The van der Waals surface area contributed by atoms with Crippen LogP contribution < -0.4 is 15.4 Å². The fourth-order valence-electron chi connectivity index (χ4n) is 2.51. The number of hydrogen-bond acceptors (Lipinski definition) is 4. The number of rotatable bonds is 9. The molecule has 0 saturated carbocycles. The van der Waals surface area contributed by atoms with Gasteiger partial charge in [0.1, 0.15) is 5.75 Å². The van der Waals surface area contributed by atoms with E-state index in [9.17, 15) is 14.4 Å². The lowest BCUT2D eigenvalue weighted by Crippen LogP contribution is -2.34.